The number of hydrogen-bond donors (Lipinski definition) is 1. The van der Waals surface area contributed by atoms with E-state index in [1.807, 2.05) is 6.92 Å². The lowest BCUT2D eigenvalue weighted by Gasteiger charge is -2.35. The van der Waals surface area contributed by atoms with E-state index in [0.717, 1.165) is 80.8 Å². The molecule has 2 fully saturated rings. The van der Waals surface area contributed by atoms with Crippen LogP contribution in [-0.2, 0) is 11.3 Å². The van der Waals surface area contributed by atoms with Gasteiger partial charge in [0.1, 0.15) is 5.76 Å². The highest BCUT2D eigenvalue weighted by Gasteiger charge is 2.26. The van der Waals surface area contributed by atoms with E-state index in [1.165, 1.54) is 25.1 Å². The molecule has 3 heterocycles. The van der Waals surface area contributed by atoms with Gasteiger partial charge < -0.3 is 14.6 Å². The SMILES string of the molecule is Cc1ccc(-c2nc(CN3CCC(C(=O)NCCCN4C[C@H](C)C[C@H](C)C4)CC3)c(C)o2)cc1. The lowest BCUT2D eigenvalue weighted by atomic mass is 9.92. The third-order valence-electron chi connectivity index (χ3n) is 7.42. The van der Waals surface area contributed by atoms with Gasteiger partial charge in [-0.05, 0) is 83.1 Å². The van der Waals surface area contributed by atoms with E-state index in [9.17, 15) is 4.79 Å². The maximum absolute atomic E-state index is 12.7. The highest BCUT2D eigenvalue weighted by molar-refractivity contribution is 5.78. The lowest BCUT2D eigenvalue weighted by Crippen LogP contribution is -2.42. The fourth-order valence-corrected chi connectivity index (χ4v) is 5.59. The first-order valence-corrected chi connectivity index (χ1v) is 13.1. The van der Waals surface area contributed by atoms with Crippen LogP contribution in [0.15, 0.2) is 28.7 Å². The molecule has 1 amide bonds. The molecular formula is C28H42N4O2. The number of hydrogen-bond acceptors (Lipinski definition) is 5. The van der Waals surface area contributed by atoms with Gasteiger partial charge in [0.05, 0.1) is 5.69 Å². The molecular weight excluding hydrogens is 424 g/mol. The third-order valence-corrected chi connectivity index (χ3v) is 7.42. The van der Waals surface area contributed by atoms with Gasteiger partial charge in [-0.1, -0.05) is 31.5 Å². The fourth-order valence-electron chi connectivity index (χ4n) is 5.59. The van der Waals surface area contributed by atoms with Crippen LogP contribution in [0.3, 0.4) is 0 Å². The van der Waals surface area contributed by atoms with Crippen LogP contribution < -0.4 is 5.32 Å². The minimum absolute atomic E-state index is 0.132. The molecule has 2 atom stereocenters. The number of likely N-dealkylation sites (tertiary alicyclic amines) is 2. The molecule has 186 valence electrons. The average molecular weight is 467 g/mol. The Morgan fingerprint density at radius 3 is 2.41 bits per heavy atom. The molecule has 2 aliphatic heterocycles. The van der Waals surface area contributed by atoms with Gasteiger partial charge in [-0.2, -0.15) is 0 Å². The fraction of sp³-hybridized carbons (Fsp3) is 0.643. The summed E-state index contributed by atoms with van der Waals surface area (Å²) in [5, 5.41) is 3.20. The van der Waals surface area contributed by atoms with Crippen molar-refractivity contribution in [2.24, 2.45) is 17.8 Å². The van der Waals surface area contributed by atoms with Crippen LogP contribution in [0, 0.1) is 31.6 Å². The van der Waals surface area contributed by atoms with Crippen LogP contribution in [0.4, 0.5) is 0 Å². The number of nitrogens with one attached hydrogen (secondary N) is 1. The van der Waals surface area contributed by atoms with Gasteiger partial charge in [0.25, 0.3) is 0 Å². The molecule has 0 saturated carbocycles. The first-order chi connectivity index (χ1) is 16.4. The monoisotopic (exact) mass is 466 g/mol. The molecule has 1 N–H and O–H groups in total. The van der Waals surface area contributed by atoms with E-state index >= 15 is 0 Å². The third kappa shape index (κ3) is 6.70. The number of rotatable bonds is 8. The number of piperidine rings is 2. The Balaban J connectivity index is 1.17. The van der Waals surface area contributed by atoms with Gasteiger partial charge in [-0.25, -0.2) is 4.98 Å². The van der Waals surface area contributed by atoms with Crippen molar-refractivity contribution in [1.29, 1.82) is 0 Å². The highest BCUT2D eigenvalue weighted by Crippen LogP contribution is 2.25. The summed E-state index contributed by atoms with van der Waals surface area (Å²) < 4.78 is 5.95. The Kier molecular flexibility index (Phi) is 8.43. The number of carbonyl (C=O) groups excluding carboxylic acids is 1. The molecule has 0 spiro atoms. The van der Waals surface area contributed by atoms with Gasteiger partial charge in [-0.3, -0.25) is 9.69 Å². The molecule has 1 aromatic carbocycles. The van der Waals surface area contributed by atoms with Gasteiger partial charge in [0.2, 0.25) is 11.8 Å². The Labute approximate surface area is 205 Å². The number of aromatic nitrogens is 1. The van der Waals surface area contributed by atoms with Crippen molar-refractivity contribution >= 4 is 5.91 Å². The summed E-state index contributed by atoms with van der Waals surface area (Å²) in [6, 6.07) is 8.28. The molecule has 34 heavy (non-hydrogen) atoms. The molecule has 2 aromatic rings. The van der Waals surface area contributed by atoms with E-state index in [2.05, 4.69) is 60.2 Å². The van der Waals surface area contributed by atoms with E-state index in [4.69, 9.17) is 9.40 Å². The van der Waals surface area contributed by atoms with Crippen molar-refractivity contribution in [2.75, 3.05) is 39.3 Å². The van der Waals surface area contributed by atoms with Crippen molar-refractivity contribution < 1.29 is 9.21 Å². The quantitative estimate of drug-likeness (QED) is 0.574. The van der Waals surface area contributed by atoms with Crippen molar-refractivity contribution in [3.8, 4) is 11.5 Å². The standard InChI is InChI=1S/C28H42N4O2/c1-20-6-8-25(9-7-20)28-30-26(23(4)34-28)19-31-14-10-24(11-15-31)27(33)29-12-5-13-32-17-21(2)16-22(3)18-32/h6-9,21-22,24H,5,10-19H2,1-4H3,(H,29,33)/t21-,22+. The van der Waals surface area contributed by atoms with E-state index < -0.39 is 0 Å². The molecule has 6 heteroatoms. The Hall–Kier alpha value is -2.18. The smallest absolute Gasteiger partial charge is 0.226 e. The molecule has 1 aromatic heterocycles. The molecule has 0 unspecified atom stereocenters. The maximum Gasteiger partial charge on any atom is 0.226 e. The summed E-state index contributed by atoms with van der Waals surface area (Å²) >= 11 is 0. The van der Waals surface area contributed by atoms with E-state index in [0.29, 0.717) is 5.89 Å². The minimum atomic E-state index is 0.132. The molecule has 0 bridgehead atoms. The van der Waals surface area contributed by atoms with Crippen molar-refractivity contribution in [3.05, 3.63) is 41.3 Å². The molecule has 2 aliphatic rings. The molecule has 0 aliphatic carbocycles. The number of carbonyl (C=O) groups is 1. The van der Waals surface area contributed by atoms with E-state index in [1.54, 1.807) is 0 Å². The lowest BCUT2D eigenvalue weighted by molar-refractivity contribution is -0.126. The summed E-state index contributed by atoms with van der Waals surface area (Å²) in [7, 11) is 0. The van der Waals surface area contributed by atoms with Crippen LogP contribution in [0.2, 0.25) is 0 Å². The highest BCUT2D eigenvalue weighted by atomic mass is 16.4. The zero-order valence-electron chi connectivity index (χ0n) is 21.5. The predicted molar refractivity (Wildman–Crippen MR) is 136 cm³/mol. The number of aryl methyl sites for hydroxylation is 2. The largest absolute Gasteiger partial charge is 0.441 e. The van der Waals surface area contributed by atoms with Crippen molar-refractivity contribution in [3.63, 3.8) is 0 Å². The first kappa shape index (κ1) is 24.9. The Morgan fingerprint density at radius 1 is 1.06 bits per heavy atom. The first-order valence-electron chi connectivity index (χ1n) is 13.1. The summed E-state index contributed by atoms with van der Waals surface area (Å²) in [6.45, 7) is 15.7. The molecule has 0 radical (unpaired) electrons. The van der Waals surface area contributed by atoms with E-state index in [-0.39, 0.29) is 11.8 Å². The average Bonchev–Trinajstić information content (AvgIpc) is 3.17. The van der Waals surface area contributed by atoms with Gasteiger partial charge in [-0.15, -0.1) is 0 Å². The summed E-state index contributed by atoms with van der Waals surface area (Å²) in [6.07, 6.45) is 4.21. The number of nitrogens with zero attached hydrogens (tertiary/aromatic N) is 3. The summed E-state index contributed by atoms with van der Waals surface area (Å²) in [5.41, 5.74) is 3.24. The molecule has 2 saturated heterocycles. The molecule has 4 rings (SSSR count). The maximum atomic E-state index is 12.7. The summed E-state index contributed by atoms with van der Waals surface area (Å²) in [5.74, 6) is 3.52. The van der Waals surface area contributed by atoms with Gasteiger partial charge >= 0.3 is 0 Å². The zero-order chi connectivity index (χ0) is 24.1. The number of benzene rings is 1. The van der Waals surface area contributed by atoms with Crippen LogP contribution in [0.1, 0.15) is 56.5 Å². The van der Waals surface area contributed by atoms with Crippen molar-refractivity contribution in [1.82, 2.24) is 20.1 Å². The van der Waals surface area contributed by atoms with Crippen LogP contribution >= 0.6 is 0 Å². The minimum Gasteiger partial charge on any atom is -0.441 e. The number of amides is 1. The Morgan fingerprint density at radius 2 is 1.74 bits per heavy atom. The van der Waals surface area contributed by atoms with Crippen molar-refractivity contribution in [2.45, 2.75) is 59.9 Å². The second-order valence-corrected chi connectivity index (χ2v) is 10.8. The summed E-state index contributed by atoms with van der Waals surface area (Å²) in [4.78, 5) is 22.4. The Bertz CT molecular complexity index is 920. The van der Waals surface area contributed by atoms with Gasteiger partial charge in [0, 0.05) is 37.7 Å². The predicted octanol–water partition coefficient (Wildman–Crippen LogP) is 4.65. The van der Waals surface area contributed by atoms with Gasteiger partial charge in [0.15, 0.2) is 0 Å². The zero-order valence-corrected chi connectivity index (χ0v) is 21.5. The molecule has 6 nitrogen and oxygen atoms in total. The second-order valence-electron chi connectivity index (χ2n) is 10.8. The second kappa shape index (κ2) is 11.5. The van der Waals surface area contributed by atoms with Crippen LogP contribution in [0.5, 0.6) is 0 Å². The van der Waals surface area contributed by atoms with Crippen LogP contribution in [0.25, 0.3) is 11.5 Å². The topological polar surface area (TPSA) is 61.6 Å². The normalized spacial score (nSPS) is 22.7. The van der Waals surface area contributed by atoms with Crippen LogP contribution in [-0.4, -0.2) is 60.0 Å². The number of oxazole rings is 1.